The molecule has 1 aromatic heterocycles. The van der Waals surface area contributed by atoms with Crippen molar-refractivity contribution in [2.45, 2.75) is 6.54 Å². The zero-order chi connectivity index (χ0) is 12.3. The van der Waals surface area contributed by atoms with E-state index in [0.717, 1.165) is 5.56 Å². The van der Waals surface area contributed by atoms with E-state index in [4.69, 9.17) is 4.42 Å². The molecular formula is C11H9BrN2O3. The van der Waals surface area contributed by atoms with Gasteiger partial charge in [0.2, 0.25) is 0 Å². The van der Waals surface area contributed by atoms with Gasteiger partial charge < -0.3 is 9.73 Å². The van der Waals surface area contributed by atoms with E-state index in [1.807, 2.05) is 6.07 Å². The first kappa shape index (κ1) is 11.7. The lowest BCUT2D eigenvalue weighted by atomic mass is 10.2. The van der Waals surface area contributed by atoms with Gasteiger partial charge in [-0.05, 0) is 34.1 Å². The summed E-state index contributed by atoms with van der Waals surface area (Å²) in [5, 5.41) is 13.8. The number of hydrogen-bond acceptors (Lipinski definition) is 4. The molecule has 2 rings (SSSR count). The van der Waals surface area contributed by atoms with Crippen molar-refractivity contribution in [2.24, 2.45) is 0 Å². The standard InChI is InChI=1S/C11H9BrN2O3/c12-10-2-1-9(5-11(10)14(15)16)13-6-8-3-4-17-7-8/h1-5,7,13H,6H2. The number of benzene rings is 1. The summed E-state index contributed by atoms with van der Waals surface area (Å²) in [6.07, 6.45) is 3.21. The highest BCUT2D eigenvalue weighted by Crippen LogP contribution is 2.27. The molecule has 1 aromatic carbocycles. The van der Waals surface area contributed by atoms with E-state index in [9.17, 15) is 10.1 Å². The molecule has 0 aliphatic carbocycles. The molecular weight excluding hydrogens is 288 g/mol. The van der Waals surface area contributed by atoms with Crippen LogP contribution in [0.3, 0.4) is 0 Å². The fraction of sp³-hybridized carbons (Fsp3) is 0.0909. The lowest BCUT2D eigenvalue weighted by Crippen LogP contribution is -1.99. The lowest BCUT2D eigenvalue weighted by Gasteiger charge is -2.05. The van der Waals surface area contributed by atoms with Crippen LogP contribution in [0.5, 0.6) is 0 Å². The van der Waals surface area contributed by atoms with E-state index in [2.05, 4.69) is 21.2 Å². The van der Waals surface area contributed by atoms with Gasteiger partial charge >= 0.3 is 0 Å². The molecule has 1 N–H and O–H groups in total. The van der Waals surface area contributed by atoms with Gasteiger partial charge in [0.1, 0.15) is 0 Å². The van der Waals surface area contributed by atoms with Crippen molar-refractivity contribution in [1.29, 1.82) is 0 Å². The molecule has 0 radical (unpaired) electrons. The summed E-state index contributed by atoms with van der Waals surface area (Å²) >= 11 is 3.14. The van der Waals surface area contributed by atoms with E-state index >= 15 is 0 Å². The van der Waals surface area contributed by atoms with Gasteiger partial charge in [0, 0.05) is 23.9 Å². The van der Waals surface area contributed by atoms with Crippen LogP contribution in [-0.2, 0) is 6.54 Å². The molecule has 0 aliphatic rings. The quantitative estimate of drug-likeness (QED) is 0.692. The first-order valence-corrected chi connectivity index (χ1v) is 5.65. The summed E-state index contributed by atoms with van der Waals surface area (Å²) < 4.78 is 5.40. The molecule has 1 heterocycles. The fourth-order valence-corrected chi connectivity index (χ4v) is 1.75. The first-order chi connectivity index (χ1) is 8.16. The molecule has 0 spiro atoms. The Morgan fingerprint density at radius 2 is 2.24 bits per heavy atom. The van der Waals surface area contributed by atoms with E-state index in [1.165, 1.54) is 6.07 Å². The zero-order valence-electron chi connectivity index (χ0n) is 8.72. The molecule has 0 unspecified atom stereocenters. The van der Waals surface area contributed by atoms with E-state index in [1.54, 1.807) is 24.7 Å². The highest BCUT2D eigenvalue weighted by molar-refractivity contribution is 9.10. The molecule has 88 valence electrons. The Morgan fingerprint density at radius 1 is 1.41 bits per heavy atom. The Labute approximate surface area is 106 Å². The Kier molecular flexibility index (Phi) is 3.43. The highest BCUT2D eigenvalue weighted by atomic mass is 79.9. The van der Waals surface area contributed by atoms with Crippen molar-refractivity contribution < 1.29 is 9.34 Å². The van der Waals surface area contributed by atoms with Crippen LogP contribution < -0.4 is 5.32 Å². The van der Waals surface area contributed by atoms with Crippen LogP contribution in [0.15, 0.2) is 45.7 Å². The average molecular weight is 297 g/mol. The summed E-state index contributed by atoms with van der Waals surface area (Å²) in [5.74, 6) is 0. The summed E-state index contributed by atoms with van der Waals surface area (Å²) in [5.41, 5.74) is 1.72. The van der Waals surface area contributed by atoms with Gasteiger partial charge in [-0.3, -0.25) is 10.1 Å². The van der Waals surface area contributed by atoms with Crippen molar-refractivity contribution in [3.05, 3.63) is 56.9 Å². The Bertz CT molecular complexity index is 526. The average Bonchev–Trinajstić information content (AvgIpc) is 2.80. The number of hydrogen-bond donors (Lipinski definition) is 1. The van der Waals surface area contributed by atoms with Gasteiger partial charge in [-0.2, -0.15) is 0 Å². The molecule has 0 atom stereocenters. The Balaban J connectivity index is 2.11. The smallest absolute Gasteiger partial charge is 0.285 e. The minimum atomic E-state index is -0.423. The van der Waals surface area contributed by atoms with Crippen LogP contribution in [0.2, 0.25) is 0 Å². The second-order valence-corrected chi connectivity index (χ2v) is 4.26. The molecule has 0 saturated carbocycles. The second kappa shape index (κ2) is 5.01. The lowest BCUT2D eigenvalue weighted by molar-refractivity contribution is -0.385. The third kappa shape index (κ3) is 2.85. The zero-order valence-corrected chi connectivity index (χ0v) is 10.3. The highest BCUT2D eigenvalue weighted by Gasteiger charge is 2.11. The number of nitrogens with one attached hydrogen (secondary N) is 1. The van der Waals surface area contributed by atoms with Gasteiger partial charge in [-0.15, -0.1) is 0 Å². The molecule has 0 amide bonds. The molecule has 0 fully saturated rings. The van der Waals surface area contributed by atoms with E-state index < -0.39 is 4.92 Å². The molecule has 5 nitrogen and oxygen atoms in total. The monoisotopic (exact) mass is 296 g/mol. The van der Waals surface area contributed by atoms with Crippen molar-refractivity contribution in [1.82, 2.24) is 0 Å². The SMILES string of the molecule is O=[N+]([O-])c1cc(NCc2ccoc2)ccc1Br. The summed E-state index contributed by atoms with van der Waals surface area (Å²) in [7, 11) is 0. The molecule has 0 bridgehead atoms. The molecule has 0 saturated heterocycles. The van der Waals surface area contributed by atoms with Gasteiger partial charge in [-0.25, -0.2) is 0 Å². The molecule has 17 heavy (non-hydrogen) atoms. The van der Waals surface area contributed by atoms with Gasteiger partial charge in [0.15, 0.2) is 0 Å². The Hall–Kier alpha value is -1.82. The fourth-order valence-electron chi connectivity index (χ4n) is 1.36. The predicted octanol–water partition coefficient (Wildman–Crippen LogP) is 3.56. The second-order valence-electron chi connectivity index (χ2n) is 3.41. The van der Waals surface area contributed by atoms with Gasteiger partial charge in [-0.1, -0.05) is 0 Å². The number of nitrogens with zero attached hydrogens (tertiary/aromatic N) is 1. The molecule has 0 aliphatic heterocycles. The Morgan fingerprint density at radius 3 is 2.88 bits per heavy atom. The maximum atomic E-state index is 10.7. The number of halogens is 1. The maximum Gasteiger partial charge on any atom is 0.285 e. The van der Waals surface area contributed by atoms with Crippen LogP contribution in [0.25, 0.3) is 0 Å². The predicted molar refractivity (Wildman–Crippen MR) is 66.8 cm³/mol. The van der Waals surface area contributed by atoms with Crippen LogP contribution in [0, 0.1) is 10.1 Å². The first-order valence-electron chi connectivity index (χ1n) is 4.85. The van der Waals surface area contributed by atoms with Crippen molar-refractivity contribution in [3.8, 4) is 0 Å². The van der Waals surface area contributed by atoms with Crippen LogP contribution in [-0.4, -0.2) is 4.92 Å². The van der Waals surface area contributed by atoms with Crippen LogP contribution in [0.4, 0.5) is 11.4 Å². The summed E-state index contributed by atoms with van der Waals surface area (Å²) in [6, 6.07) is 6.75. The number of rotatable bonds is 4. The summed E-state index contributed by atoms with van der Waals surface area (Å²) in [6.45, 7) is 0.565. The van der Waals surface area contributed by atoms with Gasteiger partial charge in [0.25, 0.3) is 5.69 Å². The minimum Gasteiger partial charge on any atom is -0.472 e. The van der Waals surface area contributed by atoms with Crippen LogP contribution in [0.1, 0.15) is 5.56 Å². The normalized spacial score (nSPS) is 10.2. The number of anilines is 1. The largest absolute Gasteiger partial charge is 0.472 e. The number of furan rings is 1. The maximum absolute atomic E-state index is 10.7. The van der Waals surface area contributed by atoms with Crippen molar-refractivity contribution >= 4 is 27.3 Å². The number of nitro benzene ring substituents is 1. The minimum absolute atomic E-state index is 0.0437. The van der Waals surface area contributed by atoms with E-state index in [0.29, 0.717) is 16.7 Å². The molecule has 2 aromatic rings. The van der Waals surface area contributed by atoms with Crippen LogP contribution >= 0.6 is 15.9 Å². The third-order valence-corrected chi connectivity index (χ3v) is 2.89. The van der Waals surface area contributed by atoms with Crippen molar-refractivity contribution in [2.75, 3.05) is 5.32 Å². The summed E-state index contributed by atoms with van der Waals surface area (Å²) in [4.78, 5) is 10.3. The van der Waals surface area contributed by atoms with Crippen molar-refractivity contribution in [3.63, 3.8) is 0 Å². The third-order valence-electron chi connectivity index (χ3n) is 2.22. The topological polar surface area (TPSA) is 68.3 Å². The van der Waals surface area contributed by atoms with Gasteiger partial charge in [0.05, 0.1) is 21.9 Å². The number of nitro groups is 1. The molecule has 6 heteroatoms. The van der Waals surface area contributed by atoms with E-state index in [-0.39, 0.29) is 5.69 Å².